The van der Waals surface area contributed by atoms with Gasteiger partial charge in [-0.05, 0) is 29.7 Å². The highest BCUT2D eigenvalue weighted by molar-refractivity contribution is 6.32. The third kappa shape index (κ3) is 8.14. The predicted octanol–water partition coefficient (Wildman–Crippen LogP) is 3.81. The molecule has 0 unspecified atom stereocenters. The highest BCUT2D eigenvalue weighted by atomic mass is 35.5. The van der Waals surface area contributed by atoms with Gasteiger partial charge < -0.3 is 20.1 Å². The molecular weight excluding hydrogens is 446 g/mol. The normalized spacial score (nSPS) is 11.7. The van der Waals surface area contributed by atoms with Crippen LogP contribution in [0.1, 0.15) is 19.4 Å². The number of anilines is 1. The number of halogens is 3. The van der Waals surface area contributed by atoms with E-state index < -0.39 is 31.1 Å². The lowest BCUT2D eigenvalue weighted by molar-refractivity contribution is -0.151. The van der Waals surface area contributed by atoms with Crippen LogP contribution in [-0.2, 0) is 25.5 Å². The molecule has 1 atom stereocenters. The number of esters is 1. The van der Waals surface area contributed by atoms with Crippen LogP contribution in [0.2, 0.25) is 5.02 Å². The van der Waals surface area contributed by atoms with Crippen molar-refractivity contribution in [3.05, 3.63) is 59.1 Å². The Hall–Kier alpha value is -3.20. The first kappa shape index (κ1) is 25.1. The molecule has 0 spiro atoms. The van der Waals surface area contributed by atoms with Crippen LogP contribution in [0.3, 0.4) is 0 Å². The van der Waals surface area contributed by atoms with E-state index in [9.17, 15) is 23.2 Å². The van der Waals surface area contributed by atoms with Crippen LogP contribution in [-0.4, -0.2) is 37.0 Å². The number of rotatable bonds is 10. The average Bonchev–Trinajstić information content (AvgIpc) is 2.72. The fourth-order valence-electron chi connectivity index (χ4n) is 2.70. The molecule has 32 heavy (non-hydrogen) atoms. The second kappa shape index (κ2) is 12.0. The number of benzene rings is 2. The van der Waals surface area contributed by atoms with Crippen molar-refractivity contribution < 1.29 is 32.6 Å². The fourth-order valence-corrected chi connectivity index (χ4v) is 2.92. The smallest absolute Gasteiger partial charge is 0.387 e. The number of amides is 2. The molecule has 7 nitrogen and oxygen atoms in total. The van der Waals surface area contributed by atoms with Gasteiger partial charge in [-0.15, -0.1) is 0 Å². The van der Waals surface area contributed by atoms with E-state index in [1.807, 2.05) is 18.2 Å². The lowest BCUT2D eigenvalue weighted by Crippen LogP contribution is -2.46. The number of nitrogens with one attached hydrogen (secondary N) is 2. The maximum atomic E-state index is 12.4. The van der Waals surface area contributed by atoms with Gasteiger partial charge in [-0.25, -0.2) is 4.79 Å². The first-order valence-electron chi connectivity index (χ1n) is 9.70. The molecule has 2 N–H and O–H groups in total. The molecule has 0 saturated heterocycles. The maximum absolute atomic E-state index is 12.4. The number of carbonyl (C=O) groups excluding carboxylic acids is 3. The Labute approximate surface area is 189 Å². The van der Waals surface area contributed by atoms with Gasteiger partial charge in [-0.3, -0.25) is 9.59 Å². The van der Waals surface area contributed by atoms with Crippen molar-refractivity contribution >= 4 is 35.1 Å². The number of hydrogen-bond acceptors (Lipinski definition) is 5. The van der Waals surface area contributed by atoms with Gasteiger partial charge >= 0.3 is 12.6 Å². The van der Waals surface area contributed by atoms with Crippen molar-refractivity contribution in [2.45, 2.75) is 32.9 Å². The highest BCUT2D eigenvalue weighted by Crippen LogP contribution is 2.28. The van der Waals surface area contributed by atoms with E-state index in [4.69, 9.17) is 16.3 Å². The Kier molecular flexibility index (Phi) is 9.39. The van der Waals surface area contributed by atoms with E-state index in [-0.39, 0.29) is 34.7 Å². The predicted molar refractivity (Wildman–Crippen MR) is 115 cm³/mol. The maximum Gasteiger partial charge on any atom is 0.387 e. The van der Waals surface area contributed by atoms with Gasteiger partial charge in [0.2, 0.25) is 5.91 Å². The summed E-state index contributed by atoms with van der Waals surface area (Å²) in [7, 11) is 0. The summed E-state index contributed by atoms with van der Waals surface area (Å²) in [6, 6.07) is 11.8. The van der Waals surface area contributed by atoms with Crippen molar-refractivity contribution in [2.24, 2.45) is 5.92 Å². The van der Waals surface area contributed by atoms with Crippen LogP contribution in [0.25, 0.3) is 0 Å². The molecule has 0 aliphatic rings. The summed E-state index contributed by atoms with van der Waals surface area (Å²) < 4.78 is 33.8. The number of carbonyl (C=O) groups is 3. The molecule has 2 aromatic carbocycles. The van der Waals surface area contributed by atoms with Crippen molar-refractivity contribution in [3.63, 3.8) is 0 Å². The minimum atomic E-state index is -3.03. The average molecular weight is 469 g/mol. The quantitative estimate of drug-likeness (QED) is 0.517. The van der Waals surface area contributed by atoms with Crippen LogP contribution in [0, 0.1) is 5.92 Å². The van der Waals surface area contributed by atoms with Gasteiger partial charge in [-0.1, -0.05) is 55.8 Å². The van der Waals surface area contributed by atoms with E-state index in [1.165, 1.54) is 18.2 Å². The Balaban J connectivity index is 1.87. The van der Waals surface area contributed by atoms with Gasteiger partial charge in [-0.2, -0.15) is 8.78 Å². The summed E-state index contributed by atoms with van der Waals surface area (Å²) in [6.07, 6.45) is 0.101. The molecule has 0 aromatic heterocycles. The molecule has 0 saturated carbocycles. The zero-order valence-corrected chi connectivity index (χ0v) is 18.2. The molecule has 0 aliphatic heterocycles. The molecule has 0 aliphatic carbocycles. The molecule has 0 heterocycles. The Morgan fingerprint density at radius 3 is 2.31 bits per heavy atom. The van der Waals surface area contributed by atoms with Crippen LogP contribution in [0.5, 0.6) is 5.75 Å². The van der Waals surface area contributed by atoms with Crippen LogP contribution >= 0.6 is 11.6 Å². The van der Waals surface area contributed by atoms with E-state index in [2.05, 4.69) is 15.4 Å². The molecule has 172 valence electrons. The standard InChI is InChI=1S/C22H23ClF2N2O5/c1-13(2)20(27-18(28)10-14-6-4-3-5-7-14)21(30)31-12-19(29)26-15-8-9-17(16(23)11-15)32-22(24)25/h3-9,11,13,20,22H,10,12H2,1-2H3,(H,26,29)(H,27,28)/t20-/m0/s1. The van der Waals surface area contributed by atoms with Gasteiger partial charge in [0.1, 0.15) is 11.8 Å². The van der Waals surface area contributed by atoms with Crippen LogP contribution in [0.15, 0.2) is 48.5 Å². The fraction of sp³-hybridized carbons (Fsp3) is 0.318. The lowest BCUT2D eigenvalue weighted by atomic mass is 10.0. The van der Waals surface area contributed by atoms with E-state index in [1.54, 1.807) is 26.0 Å². The van der Waals surface area contributed by atoms with Gasteiger partial charge in [0, 0.05) is 5.69 Å². The first-order valence-corrected chi connectivity index (χ1v) is 10.1. The van der Waals surface area contributed by atoms with E-state index >= 15 is 0 Å². The third-order valence-corrected chi connectivity index (χ3v) is 4.52. The highest BCUT2D eigenvalue weighted by Gasteiger charge is 2.26. The molecule has 0 bridgehead atoms. The van der Waals surface area contributed by atoms with Crippen molar-refractivity contribution in [1.29, 1.82) is 0 Å². The second-order valence-electron chi connectivity index (χ2n) is 7.13. The molecule has 2 amide bonds. The molecule has 2 aromatic rings. The minimum Gasteiger partial charge on any atom is -0.454 e. The Bertz CT molecular complexity index is 941. The molecule has 2 rings (SSSR count). The number of hydrogen-bond donors (Lipinski definition) is 2. The molecule has 0 fully saturated rings. The third-order valence-electron chi connectivity index (χ3n) is 4.22. The van der Waals surface area contributed by atoms with Gasteiger partial charge in [0.15, 0.2) is 6.61 Å². The summed E-state index contributed by atoms with van der Waals surface area (Å²) in [5.41, 5.74) is 0.998. The topological polar surface area (TPSA) is 93.7 Å². The Morgan fingerprint density at radius 1 is 1.03 bits per heavy atom. The van der Waals surface area contributed by atoms with Gasteiger partial charge in [0.25, 0.3) is 5.91 Å². The monoisotopic (exact) mass is 468 g/mol. The first-order chi connectivity index (χ1) is 15.2. The minimum absolute atomic E-state index is 0.101. The van der Waals surface area contributed by atoms with Crippen LogP contribution < -0.4 is 15.4 Å². The SMILES string of the molecule is CC(C)[C@H](NC(=O)Cc1ccccc1)C(=O)OCC(=O)Nc1ccc(OC(F)F)c(Cl)c1. The summed E-state index contributed by atoms with van der Waals surface area (Å²) >= 11 is 5.83. The lowest BCUT2D eigenvalue weighted by Gasteiger charge is -2.21. The van der Waals surface area contributed by atoms with Crippen molar-refractivity contribution in [1.82, 2.24) is 5.32 Å². The van der Waals surface area contributed by atoms with Crippen molar-refractivity contribution in [3.8, 4) is 5.75 Å². The Morgan fingerprint density at radius 2 is 1.72 bits per heavy atom. The summed E-state index contributed by atoms with van der Waals surface area (Å²) in [4.78, 5) is 36.8. The molecule has 0 radical (unpaired) electrons. The van der Waals surface area contributed by atoms with E-state index in [0.717, 1.165) is 5.56 Å². The summed E-state index contributed by atoms with van der Waals surface area (Å²) in [5.74, 6) is -2.29. The summed E-state index contributed by atoms with van der Waals surface area (Å²) in [5, 5.41) is 4.93. The van der Waals surface area contributed by atoms with Crippen molar-refractivity contribution in [2.75, 3.05) is 11.9 Å². The second-order valence-corrected chi connectivity index (χ2v) is 7.54. The largest absolute Gasteiger partial charge is 0.454 e. The zero-order valence-electron chi connectivity index (χ0n) is 17.4. The zero-order chi connectivity index (χ0) is 23.7. The van der Waals surface area contributed by atoms with Gasteiger partial charge in [0.05, 0.1) is 11.4 Å². The molecular formula is C22H23ClF2N2O5. The summed E-state index contributed by atoms with van der Waals surface area (Å²) in [6.45, 7) is -0.169. The number of ether oxygens (including phenoxy) is 2. The molecule has 10 heteroatoms. The number of alkyl halides is 2. The van der Waals surface area contributed by atoms with Crippen LogP contribution in [0.4, 0.5) is 14.5 Å². The van der Waals surface area contributed by atoms with E-state index in [0.29, 0.717) is 0 Å².